The molecule has 182 valence electrons. The highest BCUT2D eigenvalue weighted by molar-refractivity contribution is 8.15. The highest BCUT2D eigenvalue weighted by Gasteiger charge is 2.42. The molecule has 0 radical (unpaired) electrons. The maximum Gasteiger partial charge on any atom is 0.259 e. The zero-order valence-corrected chi connectivity index (χ0v) is 20.1. The van der Waals surface area contributed by atoms with Crippen LogP contribution in [0.4, 0.5) is 20.2 Å². The van der Waals surface area contributed by atoms with E-state index in [-0.39, 0.29) is 11.6 Å². The van der Waals surface area contributed by atoms with E-state index in [0.717, 1.165) is 41.1 Å². The number of thioether (sulfide) groups is 1. The molecule has 0 spiro atoms. The topological polar surface area (TPSA) is 74.1 Å². The van der Waals surface area contributed by atoms with Crippen LogP contribution in [-0.4, -0.2) is 39.0 Å². The van der Waals surface area contributed by atoms with Crippen molar-refractivity contribution in [2.24, 2.45) is 9.98 Å². The van der Waals surface area contributed by atoms with Crippen molar-refractivity contribution in [2.75, 3.05) is 5.32 Å². The first-order valence-electron chi connectivity index (χ1n) is 11.5. The molecule has 6 nitrogen and oxygen atoms in total. The van der Waals surface area contributed by atoms with Gasteiger partial charge in [0.15, 0.2) is 5.17 Å². The van der Waals surface area contributed by atoms with Gasteiger partial charge in [0.25, 0.3) is 5.91 Å². The normalized spacial score (nSPS) is 17.1. The van der Waals surface area contributed by atoms with Crippen LogP contribution in [0.1, 0.15) is 24.5 Å². The van der Waals surface area contributed by atoms with Gasteiger partial charge in [0.2, 0.25) is 5.91 Å². The number of anilines is 1. The maximum absolute atomic E-state index is 14.1. The molecule has 0 aromatic heterocycles. The highest BCUT2D eigenvalue weighted by atomic mass is 32.2. The molecule has 0 unspecified atom stereocenters. The number of fused-ring (bicyclic) bond motifs is 3. The Kier molecular flexibility index (Phi) is 6.65. The number of amidine groups is 2. The second-order valence-corrected chi connectivity index (χ2v) is 9.54. The number of nitrogens with one attached hydrogen (secondary N) is 1. The molecule has 5 rings (SSSR count). The molecule has 2 amide bonds. The first-order valence-corrected chi connectivity index (χ1v) is 12.4. The van der Waals surface area contributed by atoms with E-state index in [2.05, 4.69) is 10.3 Å². The number of aliphatic imine (C=N–C) groups is 2. The highest BCUT2D eigenvalue weighted by Crippen LogP contribution is 2.36. The van der Waals surface area contributed by atoms with Gasteiger partial charge in [0.1, 0.15) is 23.5 Å². The Labute approximate surface area is 211 Å². The lowest BCUT2D eigenvalue weighted by molar-refractivity contribution is -0.124. The van der Waals surface area contributed by atoms with E-state index in [4.69, 9.17) is 4.99 Å². The van der Waals surface area contributed by atoms with E-state index in [1.54, 1.807) is 6.92 Å². The molecule has 2 aliphatic rings. The Morgan fingerprint density at radius 2 is 1.83 bits per heavy atom. The second kappa shape index (κ2) is 10.0. The van der Waals surface area contributed by atoms with Crippen LogP contribution >= 0.6 is 11.8 Å². The van der Waals surface area contributed by atoms with Gasteiger partial charge in [0.05, 0.1) is 16.6 Å². The average molecular weight is 505 g/mol. The summed E-state index contributed by atoms with van der Waals surface area (Å²) in [4.78, 5) is 37.4. The van der Waals surface area contributed by atoms with Crippen molar-refractivity contribution < 1.29 is 18.4 Å². The number of amides is 2. The van der Waals surface area contributed by atoms with Crippen molar-refractivity contribution >= 4 is 46.0 Å². The van der Waals surface area contributed by atoms with Crippen molar-refractivity contribution in [3.05, 3.63) is 95.6 Å². The van der Waals surface area contributed by atoms with Gasteiger partial charge < -0.3 is 5.32 Å². The van der Waals surface area contributed by atoms with E-state index in [9.17, 15) is 18.4 Å². The van der Waals surface area contributed by atoms with Crippen LogP contribution in [0.2, 0.25) is 0 Å². The molecule has 3 aromatic carbocycles. The molecule has 0 bridgehead atoms. The summed E-state index contributed by atoms with van der Waals surface area (Å²) in [6.07, 6.45) is 0.812. The summed E-state index contributed by atoms with van der Waals surface area (Å²) in [5, 5.41) is 2.08. The van der Waals surface area contributed by atoms with Crippen molar-refractivity contribution in [1.82, 2.24) is 4.90 Å². The standard InChI is InChI=1S/C27H22F2N4O2S/c1-2-23(25(34)31-21-15-17(28)12-13-19(21)29)36-27-32-20-11-7-6-10-18(20)24-30-22(26(35)33(24)27)14-16-8-4-3-5-9-16/h3-13,15,22-23H,2,14H2,1H3,(H,31,34)/t22-,23-/m0/s1. The molecule has 2 atom stereocenters. The number of hydrogen-bond acceptors (Lipinski definition) is 5. The molecule has 1 N–H and O–H groups in total. The second-order valence-electron chi connectivity index (χ2n) is 8.37. The van der Waals surface area contributed by atoms with Crippen molar-refractivity contribution in [3.8, 4) is 0 Å². The Hall–Kier alpha value is -3.85. The zero-order chi connectivity index (χ0) is 25.2. The van der Waals surface area contributed by atoms with Gasteiger partial charge in [-0.15, -0.1) is 0 Å². The Morgan fingerprint density at radius 1 is 1.08 bits per heavy atom. The Bertz CT molecular complexity index is 1390. The fourth-order valence-corrected chi connectivity index (χ4v) is 5.13. The van der Waals surface area contributed by atoms with Crippen LogP contribution in [-0.2, 0) is 16.0 Å². The molecule has 0 saturated carbocycles. The SMILES string of the molecule is CC[C@H](SC1=Nc2ccccc2C2=N[C@@H](Cc3ccccc3)C(=O)N12)C(=O)Nc1cc(F)ccc1F. The van der Waals surface area contributed by atoms with E-state index in [1.165, 1.54) is 4.90 Å². The van der Waals surface area contributed by atoms with Crippen LogP contribution < -0.4 is 5.32 Å². The van der Waals surface area contributed by atoms with Gasteiger partial charge in [-0.1, -0.05) is 61.2 Å². The molecule has 36 heavy (non-hydrogen) atoms. The van der Waals surface area contributed by atoms with E-state index in [1.807, 2.05) is 54.6 Å². The van der Waals surface area contributed by atoms with Crippen molar-refractivity contribution in [1.29, 1.82) is 0 Å². The number of carbonyl (C=O) groups excluding carboxylic acids is 2. The molecule has 0 aliphatic carbocycles. The number of nitrogens with zero attached hydrogens (tertiary/aromatic N) is 3. The summed E-state index contributed by atoms with van der Waals surface area (Å²) in [7, 11) is 0. The monoisotopic (exact) mass is 504 g/mol. The first kappa shape index (κ1) is 23.9. The maximum atomic E-state index is 14.1. The Morgan fingerprint density at radius 3 is 2.61 bits per heavy atom. The zero-order valence-electron chi connectivity index (χ0n) is 19.3. The number of halogens is 2. The molecular formula is C27H22F2N4O2S. The minimum Gasteiger partial charge on any atom is -0.323 e. The summed E-state index contributed by atoms with van der Waals surface area (Å²) in [6.45, 7) is 1.80. The number of hydrogen-bond donors (Lipinski definition) is 1. The van der Waals surface area contributed by atoms with Crippen LogP contribution in [0, 0.1) is 11.6 Å². The minimum absolute atomic E-state index is 0.221. The summed E-state index contributed by atoms with van der Waals surface area (Å²) in [5.74, 6) is -1.63. The number of benzene rings is 3. The third-order valence-electron chi connectivity index (χ3n) is 5.92. The fourth-order valence-electron chi connectivity index (χ4n) is 4.11. The molecule has 2 aliphatic heterocycles. The van der Waals surface area contributed by atoms with Gasteiger partial charge in [-0.3, -0.25) is 14.6 Å². The largest absolute Gasteiger partial charge is 0.323 e. The smallest absolute Gasteiger partial charge is 0.259 e. The lowest BCUT2D eigenvalue weighted by Crippen LogP contribution is -2.42. The molecule has 9 heteroatoms. The van der Waals surface area contributed by atoms with E-state index < -0.39 is 28.8 Å². The van der Waals surface area contributed by atoms with Crippen LogP contribution in [0.25, 0.3) is 0 Å². The quantitative estimate of drug-likeness (QED) is 0.494. The molecule has 0 fully saturated rings. The number of para-hydroxylation sites is 1. The Balaban J connectivity index is 1.43. The van der Waals surface area contributed by atoms with E-state index >= 15 is 0 Å². The first-order chi connectivity index (χ1) is 17.4. The lowest BCUT2D eigenvalue weighted by Gasteiger charge is -2.27. The fraction of sp³-hybridized carbons (Fsp3) is 0.185. The predicted molar refractivity (Wildman–Crippen MR) is 138 cm³/mol. The summed E-state index contributed by atoms with van der Waals surface area (Å²) in [6, 6.07) is 19.3. The number of carbonyl (C=O) groups is 2. The molecular weight excluding hydrogens is 482 g/mol. The third-order valence-corrected chi connectivity index (χ3v) is 7.23. The van der Waals surface area contributed by atoms with Gasteiger partial charge in [-0.25, -0.2) is 18.7 Å². The van der Waals surface area contributed by atoms with Gasteiger partial charge in [-0.2, -0.15) is 0 Å². The molecule has 0 saturated heterocycles. The number of rotatable bonds is 6. The van der Waals surface area contributed by atoms with Crippen molar-refractivity contribution in [3.63, 3.8) is 0 Å². The lowest BCUT2D eigenvalue weighted by atomic mass is 10.1. The van der Waals surface area contributed by atoms with Crippen LogP contribution in [0.15, 0.2) is 82.8 Å². The van der Waals surface area contributed by atoms with Gasteiger partial charge in [0, 0.05) is 18.1 Å². The van der Waals surface area contributed by atoms with Gasteiger partial charge in [-0.05, 0) is 36.2 Å². The van der Waals surface area contributed by atoms with Crippen molar-refractivity contribution in [2.45, 2.75) is 31.1 Å². The van der Waals surface area contributed by atoms with Crippen LogP contribution in [0.5, 0.6) is 0 Å². The summed E-state index contributed by atoms with van der Waals surface area (Å²) < 4.78 is 27.7. The minimum atomic E-state index is -0.735. The third kappa shape index (κ3) is 4.66. The molecule has 2 heterocycles. The summed E-state index contributed by atoms with van der Waals surface area (Å²) in [5.41, 5.74) is 2.14. The molecule has 3 aromatic rings. The van der Waals surface area contributed by atoms with E-state index in [0.29, 0.717) is 29.5 Å². The van der Waals surface area contributed by atoms with Crippen LogP contribution in [0.3, 0.4) is 0 Å². The van der Waals surface area contributed by atoms with Gasteiger partial charge >= 0.3 is 0 Å². The average Bonchev–Trinajstić information content (AvgIpc) is 3.21. The predicted octanol–water partition coefficient (Wildman–Crippen LogP) is 5.32. The summed E-state index contributed by atoms with van der Waals surface area (Å²) >= 11 is 1.10.